The van der Waals surface area contributed by atoms with Gasteiger partial charge in [-0.2, -0.15) is 0 Å². The van der Waals surface area contributed by atoms with Crippen LogP contribution in [0.1, 0.15) is 55.3 Å². The van der Waals surface area contributed by atoms with Gasteiger partial charge in [-0.05, 0) is 50.9 Å². The van der Waals surface area contributed by atoms with Crippen LogP contribution in [0.4, 0.5) is 5.69 Å². The molecule has 0 atom stereocenters. The van der Waals surface area contributed by atoms with E-state index in [-0.39, 0.29) is 17.9 Å². The van der Waals surface area contributed by atoms with Crippen LogP contribution in [0.25, 0.3) is 0 Å². The minimum atomic E-state index is -0.0872. The molecule has 2 aliphatic rings. The van der Waals surface area contributed by atoms with E-state index in [1.54, 1.807) is 12.1 Å². The standard InChI is InChI=1S/C19H27N3O2/c23-18(14-22-12-6-1-7-13-22)21-17-11-5-4-10-16(17)19(24)20-15-8-2-3-9-15/h4-5,10-11,15H,1-3,6-9,12-14H2,(H,20,24)(H,21,23). The van der Waals surface area contributed by atoms with Gasteiger partial charge in [-0.15, -0.1) is 0 Å². The van der Waals surface area contributed by atoms with Gasteiger partial charge in [0.1, 0.15) is 0 Å². The van der Waals surface area contributed by atoms with Gasteiger partial charge in [0.05, 0.1) is 17.8 Å². The molecule has 1 aliphatic heterocycles. The Kier molecular flexibility index (Phi) is 5.86. The number of rotatable bonds is 5. The van der Waals surface area contributed by atoms with Gasteiger partial charge in [-0.1, -0.05) is 31.4 Å². The Morgan fingerprint density at radius 2 is 1.71 bits per heavy atom. The first kappa shape index (κ1) is 17.0. The molecule has 2 N–H and O–H groups in total. The van der Waals surface area contributed by atoms with Crippen LogP contribution < -0.4 is 10.6 Å². The molecule has 0 spiro atoms. The summed E-state index contributed by atoms with van der Waals surface area (Å²) in [6.45, 7) is 2.37. The first-order chi connectivity index (χ1) is 11.7. The Morgan fingerprint density at radius 1 is 1.00 bits per heavy atom. The molecule has 1 aromatic carbocycles. The number of nitrogens with zero attached hydrogens (tertiary/aromatic N) is 1. The number of carbonyl (C=O) groups is 2. The number of hydrogen-bond donors (Lipinski definition) is 2. The number of carbonyl (C=O) groups excluding carboxylic acids is 2. The fourth-order valence-corrected chi connectivity index (χ4v) is 3.63. The van der Waals surface area contributed by atoms with Gasteiger partial charge in [0.15, 0.2) is 0 Å². The van der Waals surface area contributed by atoms with Crippen LogP contribution in [0.3, 0.4) is 0 Å². The monoisotopic (exact) mass is 329 g/mol. The van der Waals surface area contributed by atoms with Crippen molar-refractivity contribution in [1.82, 2.24) is 10.2 Å². The van der Waals surface area contributed by atoms with Gasteiger partial charge in [0, 0.05) is 6.04 Å². The number of para-hydroxylation sites is 1. The molecule has 2 fully saturated rings. The van der Waals surface area contributed by atoms with Crippen molar-refractivity contribution in [3.63, 3.8) is 0 Å². The highest BCUT2D eigenvalue weighted by Gasteiger charge is 2.20. The van der Waals surface area contributed by atoms with Crippen molar-refractivity contribution in [3.05, 3.63) is 29.8 Å². The molecule has 1 aromatic rings. The highest BCUT2D eigenvalue weighted by atomic mass is 16.2. The van der Waals surface area contributed by atoms with Crippen molar-refractivity contribution in [1.29, 1.82) is 0 Å². The highest BCUT2D eigenvalue weighted by molar-refractivity contribution is 6.04. The van der Waals surface area contributed by atoms with E-state index in [4.69, 9.17) is 0 Å². The summed E-state index contributed by atoms with van der Waals surface area (Å²) in [5.41, 5.74) is 1.16. The van der Waals surface area contributed by atoms with E-state index >= 15 is 0 Å². The molecule has 1 aliphatic carbocycles. The molecule has 1 saturated heterocycles. The zero-order valence-electron chi connectivity index (χ0n) is 14.2. The second-order valence-electron chi connectivity index (χ2n) is 6.89. The Balaban J connectivity index is 1.60. The molecule has 3 rings (SSSR count). The van der Waals surface area contributed by atoms with Crippen LogP contribution in [0.5, 0.6) is 0 Å². The zero-order chi connectivity index (χ0) is 16.8. The van der Waals surface area contributed by atoms with Crippen molar-refractivity contribution in [2.75, 3.05) is 25.0 Å². The molecule has 1 saturated carbocycles. The fourth-order valence-electron chi connectivity index (χ4n) is 3.63. The predicted molar refractivity (Wildman–Crippen MR) is 95.1 cm³/mol. The maximum Gasteiger partial charge on any atom is 0.253 e. The number of amides is 2. The van der Waals surface area contributed by atoms with E-state index in [0.29, 0.717) is 17.8 Å². The van der Waals surface area contributed by atoms with Gasteiger partial charge in [0.25, 0.3) is 5.91 Å². The van der Waals surface area contributed by atoms with Crippen molar-refractivity contribution >= 4 is 17.5 Å². The summed E-state index contributed by atoms with van der Waals surface area (Å²) >= 11 is 0. The summed E-state index contributed by atoms with van der Waals surface area (Å²) in [4.78, 5) is 27.0. The first-order valence-corrected chi connectivity index (χ1v) is 9.14. The van der Waals surface area contributed by atoms with E-state index < -0.39 is 0 Å². The molecule has 24 heavy (non-hydrogen) atoms. The Bertz CT molecular complexity index is 576. The smallest absolute Gasteiger partial charge is 0.253 e. The summed E-state index contributed by atoms with van der Waals surface area (Å²) < 4.78 is 0. The number of likely N-dealkylation sites (tertiary alicyclic amines) is 1. The molecule has 2 amide bonds. The van der Waals surface area contributed by atoms with Gasteiger partial charge in [-0.3, -0.25) is 14.5 Å². The number of anilines is 1. The number of benzene rings is 1. The normalized spacial score (nSPS) is 19.2. The van der Waals surface area contributed by atoms with Crippen LogP contribution in [-0.2, 0) is 4.79 Å². The SMILES string of the molecule is O=C(CN1CCCCC1)Nc1ccccc1C(=O)NC1CCCC1. The van der Waals surface area contributed by atoms with Gasteiger partial charge < -0.3 is 10.6 Å². The second-order valence-corrected chi connectivity index (χ2v) is 6.89. The van der Waals surface area contributed by atoms with Gasteiger partial charge in [-0.25, -0.2) is 0 Å². The van der Waals surface area contributed by atoms with Crippen molar-refractivity contribution in [3.8, 4) is 0 Å². The highest BCUT2D eigenvalue weighted by Crippen LogP contribution is 2.20. The summed E-state index contributed by atoms with van der Waals surface area (Å²) in [5.74, 6) is -0.131. The molecule has 5 nitrogen and oxygen atoms in total. The Hall–Kier alpha value is -1.88. The van der Waals surface area contributed by atoms with E-state index in [9.17, 15) is 9.59 Å². The van der Waals surface area contributed by atoms with Crippen LogP contribution >= 0.6 is 0 Å². The zero-order valence-corrected chi connectivity index (χ0v) is 14.2. The van der Waals surface area contributed by atoms with Crippen LogP contribution in [0.15, 0.2) is 24.3 Å². The minimum absolute atomic E-state index is 0.0435. The fraction of sp³-hybridized carbons (Fsp3) is 0.579. The van der Waals surface area contributed by atoms with E-state index in [1.807, 2.05) is 12.1 Å². The third-order valence-corrected chi connectivity index (χ3v) is 4.95. The third kappa shape index (κ3) is 4.57. The molecular formula is C19H27N3O2. The quantitative estimate of drug-likeness (QED) is 0.873. The van der Waals surface area contributed by atoms with Crippen LogP contribution in [-0.4, -0.2) is 42.4 Å². The minimum Gasteiger partial charge on any atom is -0.349 e. The Labute approximate surface area is 143 Å². The third-order valence-electron chi connectivity index (χ3n) is 4.95. The van der Waals surface area contributed by atoms with Crippen molar-refractivity contribution < 1.29 is 9.59 Å². The lowest BCUT2D eigenvalue weighted by Crippen LogP contribution is -2.37. The van der Waals surface area contributed by atoms with Gasteiger partial charge >= 0.3 is 0 Å². The second kappa shape index (κ2) is 8.29. The number of hydrogen-bond acceptors (Lipinski definition) is 3. The molecule has 0 radical (unpaired) electrons. The molecular weight excluding hydrogens is 302 g/mol. The van der Waals surface area contributed by atoms with E-state index in [0.717, 1.165) is 38.8 Å². The topological polar surface area (TPSA) is 61.4 Å². The first-order valence-electron chi connectivity index (χ1n) is 9.14. The largest absolute Gasteiger partial charge is 0.349 e. The summed E-state index contributed by atoms with van der Waals surface area (Å²) in [6.07, 6.45) is 8.03. The molecule has 5 heteroatoms. The van der Waals surface area contributed by atoms with Crippen molar-refractivity contribution in [2.45, 2.75) is 51.0 Å². The van der Waals surface area contributed by atoms with E-state index in [1.165, 1.54) is 19.3 Å². The van der Waals surface area contributed by atoms with E-state index in [2.05, 4.69) is 15.5 Å². The Morgan fingerprint density at radius 3 is 2.46 bits per heavy atom. The number of piperidine rings is 1. The average molecular weight is 329 g/mol. The molecule has 1 heterocycles. The summed E-state index contributed by atoms with van der Waals surface area (Å²) in [5, 5.41) is 6.01. The lowest BCUT2D eigenvalue weighted by Gasteiger charge is -2.25. The maximum atomic E-state index is 12.5. The van der Waals surface area contributed by atoms with Crippen LogP contribution in [0, 0.1) is 0 Å². The summed E-state index contributed by atoms with van der Waals surface area (Å²) in [6, 6.07) is 7.54. The lowest BCUT2D eigenvalue weighted by atomic mass is 10.1. The van der Waals surface area contributed by atoms with Crippen LogP contribution in [0.2, 0.25) is 0 Å². The maximum absolute atomic E-state index is 12.5. The predicted octanol–water partition coefficient (Wildman–Crippen LogP) is 2.78. The number of nitrogens with one attached hydrogen (secondary N) is 2. The lowest BCUT2D eigenvalue weighted by molar-refractivity contribution is -0.117. The molecule has 0 unspecified atom stereocenters. The van der Waals surface area contributed by atoms with Crippen molar-refractivity contribution in [2.24, 2.45) is 0 Å². The molecule has 130 valence electrons. The molecule has 0 bridgehead atoms. The van der Waals surface area contributed by atoms with Gasteiger partial charge in [0.2, 0.25) is 5.91 Å². The molecule has 0 aromatic heterocycles. The summed E-state index contributed by atoms with van der Waals surface area (Å²) in [7, 11) is 0. The average Bonchev–Trinajstić information content (AvgIpc) is 3.09.